The summed E-state index contributed by atoms with van der Waals surface area (Å²) in [6.45, 7) is 1.95. The second kappa shape index (κ2) is 4.49. The highest BCUT2D eigenvalue weighted by atomic mass is 35.5. The molecule has 0 aliphatic carbocycles. The molecule has 1 aromatic rings. The van der Waals surface area contributed by atoms with Gasteiger partial charge in [-0.3, -0.25) is 0 Å². The van der Waals surface area contributed by atoms with Crippen LogP contribution in [0.25, 0.3) is 0 Å². The SMILES string of the molecule is CC/C(=N/N)c1c(Cl)cccc1Cl. The van der Waals surface area contributed by atoms with Gasteiger partial charge in [0.2, 0.25) is 0 Å². The highest BCUT2D eigenvalue weighted by Crippen LogP contribution is 2.25. The summed E-state index contributed by atoms with van der Waals surface area (Å²) >= 11 is 11.9. The zero-order valence-electron chi connectivity index (χ0n) is 7.22. The van der Waals surface area contributed by atoms with Crippen LogP contribution in [0.5, 0.6) is 0 Å². The van der Waals surface area contributed by atoms with E-state index in [9.17, 15) is 0 Å². The van der Waals surface area contributed by atoms with E-state index in [1.54, 1.807) is 18.2 Å². The number of nitrogens with zero attached hydrogens (tertiary/aromatic N) is 1. The number of nitrogens with two attached hydrogens (primary N) is 1. The van der Waals surface area contributed by atoms with Crippen LogP contribution in [-0.4, -0.2) is 5.71 Å². The zero-order valence-corrected chi connectivity index (χ0v) is 8.73. The minimum absolute atomic E-state index is 0.582. The van der Waals surface area contributed by atoms with Gasteiger partial charge in [0.25, 0.3) is 0 Å². The molecule has 0 amide bonds. The van der Waals surface area contributed by atoms with E-state index in [0.29, 0.717) is 16.5 Å². The second-order valence-corrected chi connectivity index (χ2v) is 3.34. The fraction of sp³-hybridized carbons (Fsp3) is 0.222. The molecule has 0 spiro atoms. The van der Waals surface area contributed by atoms with Crippen LogP contribution in [0, 0.1) is 0 Å². The maximum atomic E-state index is 5.96. The Labute approximate surface area is 87.3 Å². The van der Waals surface area contributed by atoms with Crippen LogP contribution in [-0.2, 0) is 0 Å². The highest BCUT2D eigenvalue weighted by molar-refractivity contribution is 6.40. The number of halogens is 2. The van der Waals surface area contributed by atoms with Crippen molar-refractivity contribution in [3.8, 4) is 0 Å². The van der Waals surface area contributed by atoms with E-state index in [1.165, 1.54) is 0 Å². The van der Waals surface area contributed by atoms with Gasteiger partial charge in [-0.1, -0.05) is 36.2 Å². The van der Waals surface area contributed by atoms with Gasteiger partial charge in [0, 0.05) is 5.56 Å². The van der Waals surface area contributed by atoms with Crippen molar-refractivity contribution in [2.75, 3.05) is 0 Å². The molecule has 70 valence electrons. The van der Waals surface area contributed by atoms with Crippen molar-refractivity contribution in [1.82, 2.24) is 0 Å². The lowest BCUT2D eigenvalue weighted by atomic mass is 10.1. The molecule has 0 aromatic heterocycles. The second-order valence-electron chi connectivity index (χ2n) is 2.53. The standard InChI is InChI=1S/C9H10Cl2N2/c1-2-8(13-12)9-6(10)4-3-5-7(9)11/h3-5H,2,12H2,1H3/b13-8-. The topological polar surface area (TPSA) is 38.4 Å². The third-order valence-corrected chi connectivity index (χ3v) is 2.37. The van der Waals surface area contributed by atoms with Gasteiger partial charge in [0.1, 0.15) is 0 Å². The quantitative estimate of drug-likeness (QED) is 0.461. The van der Waals surface area contributed by atoms with Gasteiger partial charge in [-0.25, -0.2) is 0 Å². The van der Waals surface area contributed by atoms with Gasteiger partial charge in [-0.2, -0.15) is 5.10 Å². The summed E-state index contributed by atoms with van der Waals surface area (Å²) in [5.41, 5.74) is 1.45. The van der Waals surface area contributed by atoms with Crippen molar-refractivity contribution < 1.29 is 0 Å². The van der Waals surface area contributed by atoms with E-state index in [-0.39, 0.29) is 0 Å². The molecule has 0 radical (unpaired) electrons. The molecular weight excluding hydrogens is 207 g/mol. The molecule has 0 aliphatic heterocycles. The summed E-state index contributed by atoms with van der Waals surface area (Å²) in [7, 11) is 0. The molecule has 1 aromatic carbocycles. The molecular formula is C9H10Cl2N2. The van der Waals surface area contributed by atoms with E-state index in [0.717, 1.165) is 11.3 Å². The Balaban J connectivity index is 3.27. The van der Waals surface area contributed by atoms with Gasteiger partial charge in [0.05, 0.1) is 15.8 Å². The monoisotopic (exact) mass is 216 g/mol. The Kier molecular flexibility index (Phi) is 3.58. The molecule has 0 heterocycles. The van der Waals surface area contributed by atoms with Crippen LogP contribution in [0.4, 0.5) is 0 Å². The first-order valence-corrected chi connectivity index (χ1v) is 4.67. The van der Waals surface area contributed by atoms with E-state index in [1.807, 2.05) is 6.92 Å². The van der Waals surface area contributed by atoms with E-state index in [4.69, 9.17) is 29.0 Å². The summed E-state index contributed by atoms with van der Waals surface area (Å²) in [5, 5.41) is 4.81. The van der Waals surface area contributed by atoms with Crippen molar-refractivity contribution in [2.24, 2.45) is 10.9 Å². The Morgan fingerprint density at radius 1 is 1.38 bits per heavy atom. The average Bonchev–Trinajstić information content (AvgIpc) is 2.11. The first-order valence-electron chi connectivity index (χ1n) is 3.91. The van der Waals surface area contributed by atoms with Gasteiger partial charge in [-0.15, -0.1) is 0 Å². The lowest BCUT2D eigenvalue weighted by Gasteiger charge is -2.06. The lowest BCUT2D eigenvalue weighted by molar-refractivity contribution is 1.17. The Hall–Kier alpha value is -0.730. The van der Waals surface area contributed by atoms with Crippen LogP contribution in [0.2, 0.25) is 10.0 Å². The van der Waals surface area contributed by atoms with Crippen LogP contribution >= 0.6 is 23.2 Å². The van der Waals surface area contributed by atoms with Crippen molar-refractivity contribution >= 4 is 28.9 Å². The fourth-order valence-corrected chi connectivity index (χ4v) is 1.72. The van der Waals surface area contributed by atoms with Crippen molar-refractivity contribution in [3.05, 3.63) is 33.8 Å². The molecule has 0 unspecified atom stereocenters. The third-order valence-electron chi connectivity index (χ3n) is 1.74. The molecule has 0 aliphatic rings. The molecule has 13 heavy (non-hydrogen) atoms. The molecule has 1 rings (SSSR count). The Morgan fingerprint density at radius 2 is 1.92 bits per heavy atom. The normalized spacial score (nSPS) is 11.8. The minimum atomic E-state index is 0.582. The smallest absolute Gasteiger partial charge is 0.0699 e. The van der Waals surface area contributed by atoms with E-state index in [2.05, 4.69) is 5.10 Å². The first-order chi connectivity index (χ1) is 6.20. The predicted molar refractivity (Wildman–Crippen MR) is 57.5 cm³/mol. The van der Waals surface area contributed by atoms with Crippen molar-refractivity contribution in [2.45, 2.75) is 13.3 Å². The van der Waals surface area contributed by atoms with E-state index >= 15 is 0 Å². The van der Waals surface area contributed by atoms with Crippen LogP contribution in [0.15, 0.2) is 23.3 Å². The largest absolute Gasteiger partial charge is 0.323 e. The average molecular weight is 217 g/mol. The summed E-state index contributed by atoms with van der Waals surface area (Å²) in [6, 6.07) is 5.32. The van der Waals surface area contributed by atoms with Gasteiger partial charge >= 0.3 is 0 Å². The van der Waals surface area contributed by atoms with Gasteiger partial charge in [-0.05, 0) is 18.6 Å². The number of rotatable bonds is 2. The predicted octanol–water partition coefficient (Wildman–Crippen LogP) is 3.07. The fourth-order valence-electron chi connectivity index (χ4n) is 1.11. The maximum absolute atomic E-state index is 5.96. The number of hydrogen-bond donors (Lipinski definition) is 1. The number of hydrazone groups is 1. The lowest BCUT2D eigenvalue weighted by Crippen LogP contribution is -2.04. The van der Waals surface area contributed by atoms with Gasteiger partial charge < -0.3 is 5.84 Å². The third kappa shape index (κ3) is 2.14. The Bertz CT molecular complexity index is 314. The molecule has 0 saturated carbocycles. The molecule has 0 atom stereocenters. The zero-order chi connectivity index (χ0) is 9.84. The molecule has 0 saturated heterocycles. The van der Waals surface area contributed by atoms with Crippen molar-refractivity contribution in [1.29, 1.82) is 0 Å². The van der Waals surface area contributed by atoms with Crippen LogP contribution < -0.4 is 5.84 Å². The number of benzene rings is 1. The summed E-state index contributed by atoms with van der Waals surface area (Å²) in [4.78, 5) is 0. The minimum Gasteiger partial charge on any atom is -0.323 e. The van der Waals surface area contributed by atoms with Gasteiger partial charge in [0.15, 0.2) is 0 Å². The van der Waals surface area contributed by atoms with Crippen LogP contribution in [0.3, 0.4) is 0 Å². The molecule has 2 nitrogen and oxygen atoms in total. The maximum Gasteiger partial charge on any atom is 0.0699 e. The van der Waals surface area contributed by atoms with E-state index < -0.39 is 0 Å². The first kappa shape index (κ1) is 10.4. The summed E-state index contributed by atoms with van der Waals surface area (Å²) in [6.07, 6.45) is 0.708. The molecule has 4 heteroatoms. The highest BCUT2D eigenvalue weighted by Gasteiger charge is 2.10. The van der Waals surface area contributed by atoms with Crippen molar-refractivity contribution in [3.63, 3.8) is 0 Å². The van der Waals surface area contributed by atoms with Crippen LogP contribution in [0.1, 0.15) is 18.9 Å². The summed E-state index contributed by atoms with van der Waals surface area (Å²) < 4.78 is 0. The molecule has 0 fully saturated rings. The summed E-state index contributed by atoms with van der Waals surface area (Å²) in [5.74, 6) is 5.22. The Morgan fingerprint density at radius 3 is 2.31 bits per heavy atom. The molecule has 2 N–H and O–H groups in total. The molecule has 0 bridgehead atoms. The number of hydrogen-bond acceptors (Lipinski definition) is 2.